The molecule has 0 bridgehead atoms. The highest BCUT2D eigenvalue weighted by Gasteiger charge is 2.44. The summed E-state index contributed by atoms with van der Waals surface area (Å²) < 4.78 is 3.54. The Bertz CT molecular complexity index is 1840. The number of carbonyl (C=O) groups is 2. The summed E-state index contributed by atoms with van der Waals surface area (Å²) in [4.78, 5) is 48.5. The zero-order chi connectivity index (χ0) is 38.6. The molecule has 6 rings (SSSR count). The highest BCUT2D eigenvalue weighted by Crippen LogP contribution is 2.31. The van der Waals surface area contributed by atoms with Crippen molar-refractivity contribution in [2.24, 2.45) is 11.8 Å². The molecule has 2 aliphatic rings. The molecule has 4 aromatic rings. The number of aryl methyl sites for hydroxylation is 2. The molecule has 0 amide bonds. The molecule has 18 heteroatoms. The van der Waals surface area contributed by atoms with Gasteiger partial charge in [-0.2, -0.15) is 0 Å². The predicted octanol–water partition coefficient (Wildman–Crippen LogP) is 8.37. The fourth-order valence-corrected chi connectivity index (χ4v) is 9.14. The Hall–Kier alpha value is -2.56. The Morgan fingerprint density at radius 2 is 1.04 bits per heavy atom. The van der Waals surface area contributed by atoms with Crippen molar-refractivity contribution in [2.75, 3.05) is 50.8 Å². The summed E-state index contributed by atoms with van der Waals surface area (Å²) in [7, 11) is 0. The van der Waals surface area contributed by atoms with E-state index in [4.69, 9.17) is 56.1 Å². The zero-order valence-electron chi connectivity index (χ0n) is 30.6. The maximum absolute atomic E-state index is 13.6. The van der Waals surface area contributed by atoms with Crippen molar-refractivity contribution in [3.05, 3.63) is 68.1 Å². The molecule has 2 aromatic heterocycles. The number of rotatable bonds is 12. The lowest BCUT2D eigenvalue weighted by molar-refractivity contribution is -1.10. The lowest BCUT2D eigenvalue weighted by Gasteiger charge is -2.40. The van der Waals surface area contributed by atoms with E-state index < -0.39 is 11.9 Å². The molecule has 12 nitrogen and oxygen atoms in total. The van der Waals surface area contributed by atoms with E-state index in [1.165, 1.54) is 23.5 Å². The second-order valence-electron chi connectivity index (χ2n) is 14.2. The minimum Gasteiger partial charge on any atom is -0.263 e. The summed E-state index contributed by atoms with van der Waals surface area (Å²) in [5.41, 5.74) is 1.51. The van der Waals surface area contributed by atoms with Gasteiger partial charge >= 0.3 is 11.9 Å². The predicted molar refractivity (Wildman–Crippen MR) is 212 cm³/mol. The Morgan fingerprint density at radius 3 is 1.39 bits per heavy atom. The van der Waals surface area contributed by atoms with Gasteiger partial charge in [-0.05, 0) is 62.1 Å². The third-order valence-electron chi connectivity index (χ3n) is 10.1. The van der Waals surface area contributed by atoms with Crippen LogP contribution in [0.1, 0.15) is 51.2 Å². The van der Waals surface area contributed by atoms with Crippen LogP contribution >= 0.6 is 69.9 Å². The molecule has 290 valence electrons. The topological polar surface area (TPSA) is 114 Å². The Kier molecular flexibility index (Phi) is 13.5. The van der Waals surface area contributed by atoms with E-state index in [1.807, 2.05) is 26.0 Å². The molecule has 0 radical (unpaired) electrons. The standard InChI is InChI=1S/C36H44Cl4N8O4S2/c1-23-9-13-47(14-10-23,17-19-53-35-41-25(3)45(43-35)27-5-7-29(37)31(39)21-27)51-33(49)34(50)52-48(15-11-24(2)12-16-48)18-20-54-36-42-26(4)46(44-36)28-6-8-30(38)32(40)22-28/h5-8,21-24H,9-20H2,1-4H3/q+2. The van der Waals surface area contributed by atoms with Crippen molar-refractivity contribution in [3.63, 3.8) is 0 Å². The van der Waals surface area contributed by atoms with E-state index in [9.17, 15) is 9.59 Å². The lowest BCUT2D eigenvalue weighted by atomic mass is 9.99. The van der Waals surface area contributed by atoms with Gasteiger partial charge in [-0.3, -0.25) is 9.68 Å². The van der Waals surface area contributed by atoms with E-state index in [0.717, 1.165) is 37.1 Å². The quantitative estimate of drug-likeness (QED) is 0.0783. The smallest absolute Gasteiger partial charge is 0.263 e. The molecule has 0 spiro atoms. The Labute approximate surface area is 343 Å². The zero-order valence-corrected chi connectivity index (χ0v) is 35.3. The second kappa shape index (κ2) is 17.7. The van der Waals surface area contributed by atoms with Gasteiger partial charge in [-0.1, -0.05) is 83.8 Å². The first-order valence-electron chi connectivity index (χ1n) is 18.0. The largest absolute Gasteiger partial charge is 0.480 e. The van der Waals surface area contributed by atoms with E-state index in [-0.39, 0.29) is 9.29 Å². The van der Waals surface area contributed by atoms with E-state index >= 15 is 0 Å². The van der Waals surface area contributed by atoms with Crippen molar-refractivity contribution in [3.8, 4) is 11.4 Å². The van der Waals surface area contributed by atoms with Crippen LogP contribution in [0.25, 0.3) is 11.4 Å². The van der Waals surface area contributed by atoms with Crippen molar-refractivity contribution in [1.82, 2.24) is 29.5 Å². The Morgan fingerprint density at radius 1 is 0.667 bits per heavy atom. The third kappa shape index (κ3) is 10.0. The van der Waals surface area contributed by atoms with E-state index in [2.05, 4.69) is 34.0 Å². The van der Waals surface area contributed by atoms with Crippen LogP contribution in [-0.4, -0.2) is 102 Å². The first-order chi connectivity index (χ1) is 25.7. The summed E-state index contributed by atoms with van der Waals surface area (Å²) in [5, 5.41) is 12.3. The molecular formula is C36H44Cl4N8O4S2+2. The third-order valence-corrected chi connectivity index (χ3v) is 13.2. The number of hydrogen-bond donors (Lipinski definition) is 0. The van der Waals surface area contributed by atoms with E-state index in [1.54, 1.807) is 33.6 Å². The number of likely N-dealkylation sites (tertiary alicyclic amines) is 2. The average molecular weight is 859 g/mol. The van der Waals surface area contributed by atoms with Crippen LogP contribution in [0.2, 0.25) is 20.1 Å². The van der Waals surface area contributed by atoms with Crippen LogP contribution in [0.3, 0.4) is 0 Å². The fraction of sp³-hybridized carbons (Fsp3) is 0.500. The van der Waals surface area contributed by atoms with Gasteiger partial charge in [0.1, 0.15) is 50.9 Å². The summed E-state index contributed by atoms with van der Waals surface area (Å²) in [6, 6.07) is 10.6. The molecular weight excluding hydrogens is 814 g/mol. The van der Waals surface area contributed by atoms with Crippen LogP contribution in [-0.2, 0) is 19.3 Å². The van der Waals surface area contributed by atoms with Gasteiger partial charge in [0.05, 0.1) is 43.0 Å². The minimum atomic E-state index is -0.964. The maximum atomic E-state index is 13.6. The van der Waals surface area contributed by atoms with Gasteiger partial charge in [0.15, 0.2) is 0 Å². The highest BCUT2D eigenvalue weighted by atomic mass is 35.5. The lowest BCUT2D eigenvalue weighted by Crippen LogP contribution is -2.58. The number of nitrogens with zero attached hydrogens (tertiary/aromatic N) is 8. The average Bonchev–Trinajstić information content (AvgIpc) is 3.70. The van der Waals surface area contributed by atoms with Gasteiger partial charge in [-0.15, -0.1) is 19.5 Å². The molecule has 54 heavy (non-hydrogen) atoms. The van der Waals surface area contributed by atoms with Crippen molar-refractivity contribution in [1.29, 1.82) is 0 Å². The Balaban J connectivity index is 1.08. The number of hydrogen-bond acceptors (Lipinski definition) is 10. The molecule has 0 atom stereocenters. The van der Waals surface area contributed by atoms with Crippen molar-refractivity contribution >= 4 is 81.9 Å². The van der Waals surface area contributed by atoms with Crippen molar-refractivity contribution < 1.29 is 28.6 Å². The van der Waals surface area contributed by atoms with Crippen LogP contribution in [0.4, 0.5) is 0 Å². The molecule has 0 N–H and O–H groups in total. The number of quaternary nitrogens is 2. The summed E-state index contributed by atoms with van der Waals surface area (Å²) >= 11 is 27.6. The van der Waals surface area contributed by atoms with Gasteiger partial charge < -0.3 is 0 Å². The van der Waals surface area contributed by atoms with Gasteiger partial charge in [0.25, 0.3) is 0 Å². The van der Waals surface area contributed by atoms with Gasteiger partial charge in [0, 0.05) is 25.7 Å². The molecule has 2 saturated heterocycles. The molecule has 0 aliphatic carbocycles. The summed E-state index contributed by atoms with van der Waals surface area (Å²) in [5.74, 6) is 1.62. The number of benzene rings is 2. The summed E-state index contributed by atoms with van der Waals surface area (Å²) in [6.45, 7) is 11.6. The first kappa shape index (κ1) is 41.1. The normalized spacial score (nSPS) is 23.0. The van der Waals surface area contributed by atoms with Gasteiger partial charge in [-0.25, -0.2) is 28.9 Å². The number of hydroxylamine groups is 6. The maximum Gasteiger partial charge on any atom is 0.480 e. The van der Waals surface area contributed by atoms with Crippen molar-refractivity contribution in [2.45, 2.75) is 63.7 Å². The molecule has 4 heterocycles. The number of aromatic nitrogens is 6. The van der Waals surface area contributed by atoms with Gasteiger partial charge in [0.2, 0.25) is 10.3 Å². The van der Waals surface area contributed by atoms with Crippen LogP contribution in [0, 0.1) is 25.7 Å². The minimum absolute atomic E-state index is 0.0527. The molecule has 0 unspecified atom stereocenters. The SMILES string of the molecule is Cc1nc(SCC[N+]2(OC(=O)C(=O)O[N+]3(CCSc4nc(C)n(-c5ccc(Cl)c(Cl)c5)n4)CCC(C)CC3)CCC(C)CC2)nn1-c1ccc(Cl)c(Cl)c1. The molecule has 2 aliphatic heterocycles. The molecule has 2 aromatic carbocycles. The molecule has 2 fully saturated rings. The molecule has 0 saturated carbocycles. The number of piperidine rings is 2. The number of thioether (sulfide) groups is 2. The highest BCUT2D eigenvalue weighted by molar-refractivity contribution is 7.99. The van der Waals surface area contributed by atoms with E-state index in [0.29, 0.717) is 105 Å². The first-order valence-corrected chi connectivity index (χ1v) is 21.5. The van der Waals surface area contributed by atoms with Crippen LogP contribution < -0.4 is 0 Å². The number of halogens is 4. The van der Waals surface area contributed by atoms with Crippen LogP contribution in [0.5, 0.6) is 0 Å². The fourth-order valence-electron chi connectivity index (χ4n) is 6.67. The summed E-state index contributed by atoms with van der Waals surface area (Å²) in [6.07, 6.45) is 3.50. The second-order valence-corrected chi connectivity index (χ2v) is 17.9. The number of carbonyl (C=O) groups excluding carboxylic acids is 2. The van der Waals surface area contributed by atoms with Crippen LogP contribution in [0.15, 0.2) is 46.7 Å². The monoisotopic (exact) mass is 856 g/mol.